The highest BCUT2D eigenvalue weighted by Gasteiger charge is 2.63. The first-order chi connectivity index (χ1) is 25.1. The van der Waals surface area contributed by atoms with Gasteiger partial charge in [-0.3, -0.25) is 0 Å². The van der Waals surface area contributed by atoms with Crippen molar-refractivity contribution in [2.75, 3.05) is 13.2 Å². The van der Waals surface area contributed by atoms with Crippen molar-refractivity contribution in [1.82, 2.24) is 29.5 Å². The van der Waals surface area contributed by atoms with Gasteiger partial charge < -0.3 is 19.3 Å². The molecule has 0 atom stereocenters. The van der Waals surface area contributed by atoms with Crippen molar-refractivity contribution in [3.05, 3.63) is 70.2 Å². The zero-order valence-electron chi connectivity index (χ0n) is 29.0. The number of carboxylic acid groups (broad SMARTS) is 1. The molecule has 20 heteroatoms. The molecule has 2 saturated carbocycles. The number of ether oxygens (including phenoxy) is 3. The number of alkyl halides is 6. The summed E-state index contributed by atoms with van der Waals surface area (Å²) in [5.74, 6) is -0.878. The standard InChI is InChI=1S/C19H21ClF3N3O3.C15H13ClF3N3O3/c1-17(2,3)29-16(27)12-4-5-13(24-15(12)20)26-10-6-14(25-26)28-11-9-18(7-8-18)19(21,22)23;16-12-9(13(23)24)1-2-10(20-12)22-7-3-11(21-22)25-8-6-14(4-5-14)15(17,18)19/h4-6,10H,7-9,11H2,1-3H3;1-3,7H,4-6,8H2,(H,23,24). The highest BCUT2D eigenvalue weighted by atomic mass is 35.5. The van der Waals surface area contributed by atoms with Crippen LogP contribution in [-0.2, 0) is 4.74 Å². The maximum atomic E-state index is 12.9. The Balaban J connectivity index is 0.000000210. The van der Waals surface area contributed by atoms with Gasteiger partial charge in [0.15, 0.2) is 11.6 Å². The van der Waals surface area contributed by atoms with Crippen molar-refractivity contribution in [2.45, 2.75) is 77.2 Å². The summed E-state index contributed by atoms with van der Waals surface area (Å²) in [6.45, 7) is 5.05. The predicted molar refractivity (Wildman–Crippen MR) is 181 cm³/mol. The monoisotopic (exact) mass is 806 g/mol. The fourth-order valence-corrected chi connectivity index (χ4v) is 5.58. The number of nitrogens with zero attached hydrogens (tertiary/aromatic N) is 6. The first kappa shape index (κ1) is 40.6. The molecule has 0 amide bonds. The molecule has 1 N–H and O–H groups in total. The number of carbonyl (C=O) groups excluding carboxylic acids is 1. The van der Waals surface area contributed by atoms with Crippen LogP contribution in [0.5, 0.6) is 11.8 Å². The number of esters is 1. The first-order valence-electron chi connectivity index (χ1n) is 16.4. The van der Waals surface area contributed by atoms with Crippen LogP contribution in [-0.4, -0.2) is 77.7 Å². The van der Waals surface area contributed by atoms with Crippen LogP contribution < -0.4 is 9.47 Å². The van der Waals surface area contributed by atoms with Gasteiger partial charge in [0.2, 0.25) is 11.8 Å². The number of aromatic nitrogens is 6. The Bertz CT molecular complexity index is 1990. The molecule has 12 nitrogen and oxygen atoms in total. The van der Waals surface area contributed by atoms with E-state index >= 15 is 0 Å². The van der Waals surface area contributed by atoms with Crippen molar-refractivity contribution < 1.29 is 55.2 Å². The summed E-state index contributed by atoms with van der Waals surface area (Å²) in [4.78, 5) is 31.1. The van der Waals surface area contributed by atoms with Gasteiger partial charge in [0, 0.05) is 24.5 Å². The van der Waals surface area contributed by atoms with Gasteiger partial charge in [0.05, 0.1) is 35.2 Å². The van der Waals surface area contributed by atoms with Gasteiger partial charge in [-0.05, 0) is 83.6 Å². The second-order valence-electron chi connectivity index (χ2n) is 13.8. The van der Waals surface area contributed by atoms with Crippen LogP contribution in [0.4, 0.5) is 26.3 Å². The Labute approximate surface area is 314 Å². The Kier molecular flexibility index (Phi) is 11.5. The Morgan fingerprint density at radius 2 is 1.13 bits per heavy atom. The molecule has 4 heterocycles. The number of hydrogen-bond donors (Lipinski definition) is 1. The molecule has 6 rings (SSSR count). The Morgan fingerprint density at radius 3 is 1.46 bits per heavy atom. The van der Waals surface area contributed by atoms with Crippen molar-refractivity contribution in [2.24, 2.45) is 10.8 Å². The number of aromatic carboxylic acids is 1. The van der Waals surface area contributed by atoms with Crippen molar-refractivity contribution >= 4 is 35.1 Å². The van der Waals surface area contributed by atoms with Crippen molar-refractivity contribution in [3.8, 4) is 23.4 Å². The van der Waals surface area contributed by atoms with Crippen LogP contribution in [0, 0.1) is 10.8 Å². The Morgan fingerprint density at radius 1 is 0.722 bits per heavy atom. The lowest BCUT2D eigenvalue weighted by atomic mass is 10.0. The lowest BCUT2D eigenvalue weighted by Crippen LogP contribution is -2.26. The molecule has 2 aliphatic rings. The van der Waals surface area contributed by atoms with Gasteiger partial charge in [-0.15, -0.1) is 10.2 Å². The summed E-state index contributed by atoms with van der Waals surface area (Å²) in [6.07, 6.45) is -5.04. The van der Waals surface area contributed by atoms with Crippen LogP contribution in [0.1, 0.15) is 80.0 Å². The normalized spacial score (nSPS) is 15.8. The summed E-state index contributed by atoms with van der Waals surface area (Å²) >= 11 is 11.9. The van der Waals surface area contributed by atoms with Crippen LogP contribution >= 0.6 is 23.2 Å². The topological polar surface area (TPSA) is 143 Å². The first-order valence-corrected chi connectivity index (χ1v) is 17.2. The number of pyridine rings is 2. The summed E-state index contributed by atoms with van der Waals surface area (Å²) in [5, 5.41) is 16.8. The number of carboxylic acids is 1. The van der Waals surface area contributed by atoms with Crippen molar-refractivity contribution in [3.63, 3.8) is 0 Å². The molecule has 4 aromatic heterocycles. The number of hydrogen-bond acceptors (Lipinski definition) is 9. The minimum absolute atomic E-state index is 0.0458. The lowest BCUT2D eigenvalue weighted by Gasteiger charge is -2.19. The molecule has 54 heavy (non-hydrogen) atoms. The van der Waals surface area contributed by atoms with E-state index in [9.17, 15) is 35.9 Å². The zero-order chi connectivity index (χ0) is 39.7. The van der Waals surface area contributed by atoms with Crippen LogP contribution in [0.15, 0.2) is 48.8 Å². The van der Waals surface area contributed by atoms with Crippen LogP contribution in [0.2, 0.25) is 10.3 Å². The Hall–Kier alpha value is -4.58. The average Bonchev–Trinajstić information content (AvgIpc) is 3.93. The van der Waals surface area contributed by atoms with E-state index in [1.54, 1.807) is 20.8 Å². The molecule has 0 bridgehead atoms. The highest BCUT2D eigenvalue weighted by Crippen LogP contribution is 2.60. The molecule has 0 unspecified atom stereocenters. The van der Waals surface area contributed by atoms with E-state index in [0.717, 1.165) is 0 Å². The van der Waals surface area contributed by atoms with E-state index in [2.05, 4.69) is 20.2 Å². The van der Waals surface area contributed by atoms with E-state index in [4.69, 9.17) is 42.5 Å². The highest BCUT2D eigenvalue weighted by molar-refractivity contribution is 6.32. The van der Waals surface area contributed by atoms with Gasteiger partial charge in [0.25, 0.3) is 0 Å². The van der Waals surface area contributed by atoms with E-state index in [0.29, 0.717) is 5.82 Å². The predicted octanol–water partition coefficient (Wildman–Crippen LogP) is 8.72. The second kappa shape index (κ2) is 15.3. The fraction of sp³-hybridized carbons (Fsp3) is 0.471. The van der Waals surface area contributed by atoms with E-state index in [1.165, 1.54) is 58.2 Å². The van der Waals surface area contributed by atoms with Gasteiger partial charge in [-0.2, -0.15) is 26.3 Å². The zero-order valence-corrected chi connectivity index (χ0v) is 30.5. The van der Waals surface area contributed by atoms with Gasteiger partial charge in [-0.25, -0.2) is 28.9 Å². The number of halogens is 8. The smallest absolute Gasteiger partial charge is 0.394 e. The number of rotatable bonds is 12. The third-order valence-electron chi connectivity index (χ3n) is 8.69. The van der Waals surface area contributed by atoms with E-state index in [1.807, 2.05) is 0 Å². The molecule has 2 fully saturated rings. The van der Waals surface area contributed by atoms with Crippen LogP contribution in [0.25, 0.3) is 11.6 Å². The molecule has 0 saturated heterocycles. The van der Waals surface area contributed by atoms with Crippen LogP contribution in [0.3, 0.4) is 0 Å². The molecule has 292 valence electrons. The summed E-state index contributed by atoms with van der Waals surface area (Å²) in [5.41, 5.74) is -3.91. The SMILES string of the molecule is CC(C)(C)OC(=O)c1ccc(-n2ccc(OCCC3(C(F)(F)F)CC3)n2)nc1Cl.O=C(O)c1ccc(-n2ccc(OCCC3(C(F)(F)F)CC3)n2)nc1Cl. The second-order valence-corrected chi connectivity index (χ2v) is 14.5. The molecule has 0 radical (unpaired) electrons. The largest absolute Gasteiger partial charge is 0.478 e. The van der Waals surface area contributed by atoms with Gasteiger partial charge >= 0.3 is 24.3 Å². The molecule has 2 aliphatic carbocycles. The quantitative estimate of drug-likeness (QED) is 0.0839. The minimum Gasteiger partial charge on any atom is -0.478 e. The summed E-state index contributed by atoms with van der Waals surface area (Å²) in [7, 11) is 0. The maximum absolute atomic E-state index is 12.9. The van der Waals surface area contributed by atoms with E-state index < -0.39 is 40.7 Å². The lowest BCUT2D eigenvalue weighted by molar-refractivity contribution is -0.190. The molecule has 4 aromatic rings. The maximum Gasteiger partial charge on any atom is 0.394 e. The average molecular weight is 808 g/mol. The third-order valence-corrected chi connectivity index (χ3v) is 9.26. The molecular formula is C34H34Cl2F6N6O6. The molecule has 0 aromatic carbocycles. The minimum atomic E-state index is -4.21. The molecular weight excluding hydrogens is 773 g/mol. The third kappa shape index (κ3) is 9.74. The molecule has 0 spiro atoms. The summed E-state index contributed by atoms with van der Waals surface area (Å²) in [6, 6.07) is 8.70. The van der Waals surface area contributed by atoms with Crippen molar-refractivity contribution in [1.29, 1.82) is 0 Å². The summed E-state index contributed by atoms with van der Waals surface area (Å²) < 4.78 is 95.9. The fourth-order valence-electron chi connectivity index (χ4n) is 5.13. The van der Waals surface area contributed by atoms with Gasteiger partial charge in [-0.1, -0.05) is 23.2 Å². The van der Waals surface area contributed by atoms with E-state index in [-0.39, 0.29) is 90.7 Å². The number of carbonyl (C=O) groups is 2. The van der Waals surface area contributed by atoms with Gasteiger partial charge in [0.1, 0.15) is 15.9 Å². The molecule has 0 aliphatic heterocycles.